The molecule has 0 atom stereocenters. The van der Waals surface area contributed by atoms with Crippen molar-refractivity contribution in [2.75, 3.05) is 0 Å². The highest BCUT2D eigenvalue weighted by Gasteiger charge is 2.11. The van der Waals surface area contributed by atoms with Crippen LogP contribution in [0.2, 0.25) is 0 Å². The number of hydrogen-bond acceptors (Lipinski definition) is 0. The van der Waals surface area contributed by atoms with Gasteiger partial charge in [-0.3, -0.25) is 0 Å². The van der Waals surface area contributed by atoms with Gasteiger partial charge >= 0.3 is 0 Å². The lowest BCUT2D eigenvalue weighted by Crippen LogP contribution is -1.91. The molecular formula is C30H18. The highest BCUT2D eigenvalue weighted by atomic mass is 14.1. The summed E-state index contributed by atoms with van der Waals surface area (Å²) in [6.07, 6.45) is 0. The molecule has 0 aromatic heterocycles. The standard InChI is InChI=1S/C30H18/c1-3-11-23(12-4-1)19-21-29-27-17-9-7-15-25(27)26-16-8-10-18-28(26)30(29)22-20-24-13-5-2-6-14-24/h1-18H. The van der Waals surface area contributed by atoms with Crippen LogP contribution in [0.4, 0.5) is 0 Å². The Morgan fingerprint density at radius 2 is 0.633 bits per heavy atom. The molecule has 0 heterocycles. The third-order valence-corrected chi connectivity index (χ3v) is 5.14. The fourth-order valence-corrected chi connectivity index (χ4v) is 3.71. The number of benzene rings is 5. The third-order valence-electron chi connectivity index (χ3n) is 5.14. The molecule has 0 radical (unpaired) electrons. The van der Waals surface area contributed by atoms with E-state index in [9.17, 15) is 0 Å². The zero-order chi connectivity index (χ0) is 20.2. The molecule has 0 bridgehead atoms. The lowest BCUT2D eigenvalue weighted by atomic mass is 9.91. The first-order valence-electron chi connectivity index (χ1n) is 9.98. The van der Waals surface area contributed by atoms with Crippen LogP contribution in [-0.2, 0) is 0 Å². The predicted molar refractivity (Wildman–Crippen MR) is 126 cm³/mol. The van der Waals surface area contributed by atoms with Gasteiger partial charge in [0.05, 0.1) is 0 Å². The monoisotopic (exact) mass is 378 g/mol. The van der Waals surface area contributed by atoms with Crippen LogP contribution in [0.3, 0.4) is 0 Å². The summed E-state index contributed by atoms with van der Waals surface area (Å²) in [5, 5.41) is 4.68. The normalized spacial score (nSPS) is 10.1. The number of fused-ring (bicyclic) bond motifs is 3. The molecule has 5 rings (SSSR count). The fraction of sp³-hybridized carbons (Fsp3) is 0. The second-order valence-corrected chi connectivity index (χ2v) is 7.07. The second-order valence-electron chi connectivity index (χ2n) is 7.07. The molecule has 30 heavy (non-hydrogen) atoms. The van der Waals surface area contributed by atoms with Gasteiger partial charge in [-0.15, -0.1) is 0 Å². The molecule has 0 saturated heterocycles. The maximum Gasteiger partial charge on any atom is 0.0490 e. The molecule has 0 spiro atoms. The van der Waals surface area contributed by atoms with E-state index in [2.05, 4.69) is 72.2 Å². The molecule has 0 aliphatic carbocycles. The van der Waals surface area contributed by atoms with Crippen molar-refractivity contribution in [1.82, 2.24) is 0 Å². The van der Waals surface area contributed by atoms with Crippen LogP contribution in [0.25, 0.3) is 21.5 Å². The highest BCUT2D eigenvalue weighted by molar-refractivity contribution is 6.12. The minimum Gasteiger partial charge on any atom is -0.0622 e. The molecule has 0 saturated carbocycles. The van der Waals surface area contributed by atoms with Gasteiger partial charge in [0.15, 0.2) is 0 Å². The maximum atomic E-state index is 3.45. The quantitative estimate of drug-likeness (QED) is 0.205. The fourth-order valence-electron chi connectivity index (χ4n) is 3.71. The first-order chi connectivity index (χ1) is 14.9. The lowest BCUT2D eigenvalue weighted by Gasteiger charge is -2.10. The Labute approximate surface area is 176 Å². The van der Waals surface area contributed by atoms with Crippen molar-refractivity contribution < 1.29 is 0 Å². The minimum atomic E-state index is 0.983. The van der Waals surface area contributed by atoms with E-state index < -0.39 is 0 Å². The summed E-state index contributed by atoms with van der Waals surface area (Å²) < 4.78 is 0. The Morgan fingerprint density at radius 1 is 0.300 bits per heavy atom. The molecular weight excluding hydrogens is 360 g/mol. The van der Waals surface area contributed by atoms with Gasteiger partial charge in [-0.2, -0.15) is 0 Å². The smallest absolute Gasteiger partial charge is 0.0490 e. The molecule has 0 amide bonds. The van der Waals surface area contributed by atoms with Crippen LogP contribution in [0.5, 0.6) is 0 Å². The molecule has 0 nitrogen and oxygen atoms in total. The van der Waals surface area contributed by atoms with Crippen LogP contribution in [0, 0.1) is 23.7 Å². The molecule has 0 unspecified atom stereocenters. The summed E-state index contributed by atoms with van der Waals surface area (Å²) in [7, 11) is 0. The number of hydrogen-bond donors (Lipinski definition) is 0. The summed E-state index contributed by atoms with van der Waals surface area (Å²) in [6.45, 7) is 0. The van der Waals surface area contributed by atoms with Crippen molar-refractivity contribution in [3.8, 4) is 23.7 Å². The van der Waals surface area contributed by atoms with Gasteiger partial charge < -0.3 is 0 Å². The largest absolute Gasteiger partial charge is 0.0622 e. The van der Waals surface area contributed by atoms with Crippen molar-refractivity contribution in [1.29, 1.82) is 0 Å². The van der Waals surface area contributed by atoms with Crippen LogP contribution >= 0.6 is 0 Å². The summed E-state index contributed by atoms with van der Waals surface area (Å²) in [4.78, 5) is 0. The van der Waals surface area contributed by atoms with E-state index in [4.69, 9.17) is 0 Å². The molecule has 138 valence electrons. The van der Waals surface area contributed by atoms with E-state index in [1.807, 2.05) is 60.7 Å². The van der Waals surface area contributed by atoms with E-state index >= 15 is 0 Å². The first-order valence-corrected chi connectivity index (χ1v) is 9.98. The Morgan fingerprint density at radius 3 is 1.03 bits per heavy atom. The maximum absolute atomic E-state index is 3.45. The zero-order valence-electron chi connectivity index (χ0n) is 16.4. The Balaban J connectivity index is 1.83. The van der Waals surface area contributed by atoms with Gasteiger partial charge in [-0.05, 0) is 45.8 Å². The molecule has 5 aromatic carbocycles. The molecule has 0 heteroatoms. The SMILES string of the molecule is C(#Cc1c(C#Cc2ccccc2)c2ccccc2c2ccccc12)c1ccccc1. The van der Waals surface area contributed by atoms with Gasteiger partial charge in [-0.1, -0.05) is 109 Å². The lowest BCUT2D eigenvalue weighted by molar-refractivity contribution is 1.63. The van der Waals surface area contributed by atoms with E-state index in [0.29, 0.717) is 0 Å². The van der Waals surface area contributed by atoms with Crippen molar-refractivity contribution >= 4 is 21.5 Å². The molecule has 0 N–H and O–H groups in total. The molecule has 5 aromatic rings. The van der Waals surface area contributed by atoms with Crippen LogP contribution in [0.1, 0.15) is 22.3 Å². The van der Waals surface area contributed by atoms with Gasteiger partial charge in [0.25, 0.3) is 0 Å². The summed E-state index contributed by atoms with van der Waals surface area (Å²) >= 11 is 0. The van der Waals surface area contributed by atoms with E-state index in [1.165, 1.54) is 10.8 Å². The average molecular weight is 378 g/mol. The Hall–Kier alpha value is -4.26. The van der Waals surface area contributed by atoms with Gasteiger partial charge in [0.1, 0.15) is 0 Å². The third kappa shape index (κ3) is 3.44. The van der Waals surface area contributed by atoms with Gasteiger partial charge in [-0.25, -0.2) is 0 Å². The molecule has 0 aliphatic heterocycles. The predicted octanol–water partition coefficient (Wildman–Crippen LogP) is 6.79. The first kappa shape index (κ1) is 17.8. The van der Waals surface area contributed by atoms with Crippen molar-refractivity contribution in [2.24, 2.45) is 0 Å². The van der Waals surface area contributed by atoms with Gasteiger partial charge in [0, 0.05) is 22.3 Å². The van der Waals surface area contributed by atoms with Crippen molar-refractivity contribution in [3.63, 3.8) is 0 Å². The molecule has 0 aliphatic rings. The summed E-state index contributed by atoms with van der Waals surface area (Å²) in [6, 6.07) is 37.1. The number of rotatable bonds is 0. The van der Waals surface area contributed by atoms with Crippen LogP contribution in [-0.4, -0.2) is 0 Å². The summed E-state index contributed by atoms with van der Waals surface area (Å²) in [5.74, 6) is 13.6. The topological polar surface area (TPSA) is 0 Å². The van der Waals surface area contributed by atoms with Crippen molar-refractivity contribution in [3.05, 3.63) is 131 Å². The van der Waals surface area contributed by atoms with E-state index in [1.54, 1.807) is 0 Å². The van der Waals surface area contributed by atoms with Crippen LogP contribution < -0.4 is 0 Å². The average Bonchev–Trinajstić information content (AvgIpc) is 2.83. The molecule has 0 fully saturated rings. The van der Waals surface area contributed by atoms with E-state index in [-0.39, 0.29) is 0 Å². The van der Waals surface area contributed by atoms with E-state index in [0.717, 1.165) is 33.0 Å². The summed E-state index contributed by atoms with van der Waals surface area (Å²) in [5.41, 5.74) is 3.96. The Bertz CT molecular complexity index is 1350. The highest BCUT2D eigenvalue weighted by Crippen LogP contribution is 2.32. The Kier molecular flexibility index (Phi) is 4.75. The zero-order valence-corrected chi connectivity index (χ0v) is 16.4. The minimum absolute atomic E-state index is 0.983. The van der Waals surface area contributed by atoms with Gasteiger partial charge in [0.2, 0.25) is 0 Å². The van der Waals surface area contributed by atoms with Crippen LogP contribution in [0.15, 0.2) is 109 Å². The second kappa shape index (κ2) is 8.00. The van der Waals surface area contributed by atoms with Crippen molar-refractivity contribution in [2.45, 2.75) is 0 Å².